The number of carbonyl (C=O) groups is 2. The summed E-state index contributed by atoms with van der Waals surface area (Å²) in [5.74, 6) is 0.213. The van der Waals surface area contributed by atoms with Crippen LogP contribution in [0.15, 0.2) is 30.3 Å². The van der Waals surface area contributed by atoms with Gasteiger partial charge in [-0.2, -0.15) is 0 Å². The molecule has 0 unspecified atom stereocenters. The van der Waals surface area contributed by atoms with E-state index in [2.05, 4.69) is 21.3 Å². The van der Waals surface area contributed by atoms with Crippen LogP contribution in [0.2, 0.25) is 0 Å². The Morgan fingerprint density at radius 1 is 1.05 bits per heavy atom. The molecule has 0 bridgehead atoms. The second-order valence-corrected chi connectivity index (χ2v) is 5.12. The summed E-state index contributed by atoms with van der Waals surface area (Å²) in [4.78, 5) is 23.1. The Bertz CT molecular complexity index is 448. The maximum atomic E-state index is 11.9. The third-order valence-electron chi connectivity index (χ3n) is 3.13. The largest absolute Gasteiger partial charge is 0.341 e. The van der Waals surface area contributed by atoms with Crippen LogP contribution in [-0.4, -0.2) is 31.7 Å². The minimum Gasteiger partial charge on any atom is -0.341 e. The van der Waals surface area contributed by atoms with Gasteiger partial charge in [0, 0.05) is 20.1 Å². The van der Waals surface area contributed by atoms with Gasteiger partial charge in [-0.15, -0.1) is 0 Å². The van der Waals surface area contributed by atoms with Crippen molar-refractivity contribution < 1.29 is 9.59 Å². The van der Waals surface area contributed by atoms with E-state index in [1.54, 1.807) is 7.05 Å². The van der Waals surface area contributed by atoms with E-state index in [1.165, 1.54) is 0 Å². The average molecular weight is 293 g/mol. The molecule has 6 heteroatoms. The van der Waals surface area contributed by atoms with Gasteiger partial charge >= 0.3 is 12.1 Å². The van der Waals surface area contributed by atoms with E-state index in [9.17, 15) is 9.59 Å². The lowest BCUT2D eigenvalue weighted by atomic mass is 10.1. The van der Waals surface area contributed by atoms with Gasteiger partial charge in [-0.1, -0.05) is 44.2 Å². The van der Waals surface area contributed by atoms with Gasteiger partial charge in [-0.3, -0.25) is 0 Å². The minimum atomic E-state index is -0.257. The Labute approximate surface area is 125 Å². The molecule has 1 rings (SSSR count). The van der Waals surface area contributed by atoms with E-state index in [0.717, 1.165) is 5.56 Å². The van der Waals surface area contributed by atoms with Gasteiger partial charge in [-0.25, -0.2) is 9.59 Å². The molecule has 0 heterocycles. The van der Waals surface area contributed by atoms with Crippen molar-refractivity contribution in [2.45, 2.75) is 26.4 Å². The summed E-state index contributed by atoms with van der Waals surface area (Å²) in [6.45, 7) is 4.85. The predicted octanol–water partition coefficient (Wildman–Crippen LogP) is 1.44. The fourth-order valence-corrected chi connectivity index (χ4v) is 1.74. The van der Waals surface area contributed by atoms with Crippen LogP contribution in [0.5, 0.6) is 0 Å². The molecule has 1 aromatic rings. The van der Waals surface area contributed by atoms with Crippen molar-refractivity contribution in [1.29, 1.82) is 0 Å². The molecule has 0 fully saturated rings. The number of hydrogen-bond donors (Lipinski definition) is 4. The van der Waals surface area contributed by atoms with Crippen molar-refractivity contribution in [2.24, 2.45) is 5.92 Å². The molecule has 4 amide bonds. The van der Waals surface area contributed by atoms with E-state index in [1.807, 2.05) is 44.2 Å². The quantitative estimate of drug-likeness (QED) is 0.599. The average Bonchev–Trinajstić information content (AvgIpc) is 2.49. The normalized spacial score (nSPS) is 11.6. The van der Waals surface area contributed by atoms with Crippen LogP contribution in [0, 0.1) is 5.92 Å². The maximum Gasteiger partial charge on any atom is 0.315 e. The third kappa shape index (κ3) is 6.65. The molecule has 0 spiro atoms. The third-order valence-corrected chi connectivity index (χ3v) is 3.13. The molecule has 1 aromatic carbocycles. The molecular formula is C15H24N4O2. The van der Waals surface area contributed by atoms with Crippen molar-refractivity contribution in [3.05, 3.63) is 35.9 Å². The van der Waals surface area contributed by atoms with Crippen molar-refractivity contribution in [3.63, 3.8) is 0 Å². The van der Waals surface area contributed by atoms with Crippen LogP contribution in [0.25, 0.3) is 0 Å². The summed E-state index contributed by atoms with van der Waals surface area (Å²) < 4.78 is 0. The fraction of sp³-hybridized carbons (Fsp3) is 0.467. The summed E-state index contributed by atoms with van der Waals surface area (Å²) >= 11 is 0. The summed E-state index contributed by atoms with van der Waals surface area (Å²) in [7, 11) is 1.56. The fourth-order valence-electron chi connectivity index (χ4n) is 1.74. The first kappa shape index (κ1) is 16.8. The molecule has 0 aliphatic rings. The van der Waals surface area contributed by atoms with Gasteiger partial charge in [0.15, 0.2) is 0 Å². The molecule has 116 valence electrons. The Balaban J connectivity index is 2.39. The first-order valence-corrected chi connectivity index (χ1v) is 7.06. The van der Waals surface area contributed by atoms with Crippen LogP contribution in [0.4, 0.5) is 9.59 Å². The number of benzene rings is 1. The molecule has 0 aliphatic carbocycles. The van der Waals surface area contributed by atoms with Crippen molar-refractivity contribution in [1.82, 2.24) is 21.3 Å². The predicted molar refractivity (Wildman–Crippen MR) is 82.9 cm³/mol. The number of urea groups is 2. The molecule has 1 atom stereocenters. The molecular weight excluding hydrogens is 269 g/mol. The lowest BCUT2D eigenvalue weighted by molar-refractivity contribution is 0.227. The SMILES string of the molecule is CNC(=O)NC[C@@H]([15NH]C(=O)NCc1ccccc1)C(C)C. The van der Waals surface area contributed by atoms with Crippen LogP contribution in [0.1, 0.15) is 19.4 Å². The summed E-state index contributed by atoms with van der Waals surface area (Å²) in [6, 6.07) is 9.07. The highest BCUT2D eigenvalue weighted by molar-refractivity contribution is 5.75. The second kappa shape index (κ2) is 8.84. The lowest BCUT2D eigenvalue weighted by Crippen LogP contribution is -2.50. The van der Waals surface area contributed by atoms with Crippen molar-refractivity contribution >= 4 is 12.1 Å². The van der Waals surface area contributed by atoms with Crippen LogP contribution >= 0.6 is 0 Å². The highest BCUT2D eigenvalue weighted by atomic mass is 16.2. The molecule has 6 nitrogen and oxygen atoms in total. The Morgan fingerprint density at radius 3 is 2.29 bits per heavy atom. The molecule has 0 saturated carbocycles. The number of carbonyl (C=O) groups excluding carboxylic acids is 2. The van der Waals surface area contributed by atoms with E-state index >= 15 is 0 Å². The van der Waals surface area contributed by atoms with Gasteiger partial charge in [0.2, 0.25) is 0 Å². The van der Waals surface area contributed by atoms with Gasteiger partial charge in [0.25, 0.3) is 0 Å². The first-order chi connectivity index (χ1) is 10.0. The topological polar surface area (TPSA) is 82.3 Å². The molecule has 0 aliphatic heterocycles. The second-order valence-electron chi connectivity index (χ2n) is 5.12. The van der Waals surface area contributed by atoms with Crippen LogP contribution in [0.3, 0.4) is 0 Å². The van der Waals surface area contributed by atoms with Gasteiger partial charge < -0.3 is 21.3 Å². The highest BCUT2D eigenvalue weighted by Gasteiger charge is 2.16. The first-order valence-electron chi connectivity index (χ1n) is 7.06. The van der Waals surface area contributed by atoms with Crippen LogP contribution in [-0.2, 0) is 6.54 Å². The van der Waals surface area contributed by atoms with Gasteiger partial charge in [-0.05, 0) is 11.5 Å². The maximum absolute atomic E-state index is 11.9. The number of hydrogen-bond acceptors (Lipinski definition) is 2. The number of nitrogens with one attached hydrogen (secondary N) is 4. The molecule has 0 aromatic heterocycles. The van der Waals surface area contributed by atoms with Gasteiger partial charge in [0.1, 0.15) is 0 Å². The zero-order valence-electron chi connectivity index (χ0n) is 12.8. The Kier molecular flexibility index (Phi) is 7.08. The lowest BCUT2D eigenvalue weighted by Gasteiger charge is -2.23. The van der Waals surface area contributed by atoms with E-state index in [0.29, 0.717) is 13.1 Å². The molecule has 0 saturated heterocycles. The zero-order chi connectivity index (χ0) is 15.7. The Hall–Kier alpha value is -2.24. The van der Waals surface area contributed by atoms with Crippen LogP contribution < -0.4 is 21.3 Å². The Morgan fingerprint density at radius 2 is 1.71 bits per heavy atom. The molecule has 4 N–H and O–H groups in total. The highest BCUT2D eigenvalue weighted by Crippen LogP contribution is 2.01. The van der Waals surface area contributed by atoms with Crippen molar-refractivity contribution in [3.8, 4) is 0 Å². The van der Waals surface area contributed by atoms with E-state index in [-0.39, 0.29) is 24.0 Å². The molecule has 21 heavy (non-hydrogen) atoms. The summed E-state index contributed by atoms with van der Waals surface area (Å²) in [5.41, 5.74) is 1.04. The van der Waals surface area contributed by atoms with Crippen molar-refractivity contribution in [2.75, 3.05) is 13.6 Å². The number of amides is 4. The summed E-state index contributed by atoms with van der Waals surface area (Å²) in [6.07, 6.45) is 0. The smallest absolute Gasteiger partial charge is 0.315 e. The van der Waals surface area contributed by atoms with E-state index in [4.69, 9.17) is 0 Å². The standard InChI is InChI=1S/C15H24N4O2/c1-11(2)13(10-18-14(20)16-3)19-15(21)17-9-12-7-5-4-6-8-12/h4-8,11,13H,9-10H2,1-3H3,(H2,16,18,20)(H2,17,19,21)/t13-/m1/s1/i19+1. The number of rotatable bonds is 6. The minimum absolute atomic E-state index is 0.127. The molecule has 0 radical (unpaired) electrons. The van der Waals surface area contributed by atoms with E-state index < -0.39 is 0 Å². The monoisotopic (exact) mass is 293 g/mol. The zero-order valence-corrected chi connectivity index (χ0v) is 12.8. The summed E-state index contributed by atoms with van der Waals surface area (Å²) in [5, 5.41) is 10.9. The van der Waals surface area contributed by atoms with Gasteiger partial charge in [0.05, 0.1) is 6.04 Å².